The molecule has 6 atom stereocenters. The second-order valence-corrected chi connectivity index (χ2v) is 9.94. The van der Waals surface area contributed by atoms with Crippen LogP contribution in [-0.4, -0.2) is 89.2 Å². The van der Waals surface area contributed by atoms with Gasteiger partial charge in [0, 0.05) is 55.7 Å². The summed E-state index contributed by atoms with van der Waals surface area (Å²) in [4.78, 5) is 52.6. The molecule has 3 aliphatic heterocycles. The van der Waals surface area contributed by atoms with Gasteiger partial charge in [0.1, 0.15) is 5.70 Å². The number of thioether (sulfide) groups is 1. The molecule has 0 radical (unpaired) electrons. The molecular weight excluding hydrogens is 422 g/mol. The van der Waals surface area contributed by atoms with Gasteiger partial charge in [-0.05, 0) is 13.3 Å². The molecule has 0 spiro atoms. The van der Waals surface area contributed by atoms with Crippen molar-refractivity contribution in [2.24, 2.45) is 17.6 Å². The van der Waals surface area contributed by atoms with E-state index >= 15 is 0 Å². The summed E-state index contributed by atoms with van der Waals surface area (Å²) < 4.78 is 0. The highest BCUT2D eigenvalue weighted by Crippen LogP contribution is 2.51. The SMILES string of the molecule is C[C@@H](NC(=O)CCN)[C@H]1C(=O)N2C(C(=O)O)=C(S[C@@H]3CN[C@H](C(=O)N(C)C)C3)[C@H](C)[C@H]12. The fraction of sp³-hybridized carbons (Fsp3) is 0.700. The Morgan fingerprint density at radius 2 is 2.06 bits per heavy atom. The topological polar surface area (TPSA) is 145 Å². The lowest BCUT2D eigenvalue weighted by Crippen LogP contribution is -2.66. The number of likely N-dealkylation sites (N-methyl/N-ethyl adjacent to an activating group) is 1. The predicted molar refractivity (Wildman–Crippen MR) is 116 cm³/mol. The van der Waals surface area contributed by atoms with E-state index < -0.39 is 17.9 Å². The third-order valence-electron chi connectivity index (χ3n) is 6.21. The molecule has 2 saturated heterocycles. The molecule has 0 aromatic rings. The van der Waals surface area contributed by atoms with Gasteiger partial charge in [-0.2, -0.15) is 0 Å². The Balaban J connectivity index is 1.74. The van der Waals surface area contributed by atoms with E-state index in [0.717, 1.165) is 0 Å². The number of aliphatic carboxylic acids is 1. The Labute approximate surface area is 185 Å². The fourth-order valence-electron chi connectivity index (χ4n) is 4.72. The highest BCUT2D eigenvalue weighted by atomic mass is 32.2. The van der Waals surface area contributed by atoms with E-state index in [0.29, 0.717) is 17.9 Å². The first-order valence-corrected chi connectivity index (χ1v) is 11.4. The van der Waals surface area contributed by atoms with Crippen molar-refractivity contribution in [2.45, 2.75) is 50.1 Å². The van der Waals surface area contributed by atoms with E-state index in [4.69, 9.17) is 5.73 Å². The van der Waals surface area contributed by atoms with Gasteiger partial charge in [0.15, 0.2) is 0 Å². The molecule has 172 valence electrons. The lowest BCUT2D eigenvalue weighted by Gasteiger charge is -2.47. The Bertz CT molecular complexity index is 816. The highest BCUT2D eigenvalue weighted by Gasteiger charge is 2.60. The van der Waals surface area contributed by atoms with Crippen LogP contribution in [0, 0.1) is 11.8 Å². The second kappa shape index (κ2) is 9.17. The number of amides is 3. The number of carboxylic acid groups (broad SMARTS) is 1. The quantitative estimate of drug-likeness (QED) is 0.348. The highest BCUT2D eigenvalue weighted by molar-refractivity contribution is 8.03. The molecule has 5 N–H and O–H groups in total. The van der Waals surface area contributed by atoms with Crippen molar-refractivity contribution in [3.63, 3.8) is 0 Å². The van der Waals surface area contributed by atoms with Gasteiger partial charge in [-0.3, -0.25) is 14.4 Å². The first-order valence-electron chi connectivity index (χ1n) is 10.5. The van der Waals surface area contributed by atoms with E-state index in [1.165, 1.54) is 16.7 Å². The molecule has 3 heterocycles. The lowest BCUT2D eigenvalue weighted by molar-refractivity contribution is -0.158. The van der Waals surface area contributed by atoms with E-state index in [2.05, 4.69) is 10.6 Å². The molecule has 0 aromatic carbocycles. The van der Waals surface area contributed by atoms with Crippen molar-refractivity contribution in [2.75, 3.05) is 27.2 Å². The van der Waals surface area contributed by atoms with Crippen LogP contribution < -0.4 is 16.4 Å². The number of hydrogen-bond acceptors (Lipinski definition) is 7. The third-order valence-corrected chi connectivity index (χ3v) is 7.72. The zero-order chi connectivity index (χ0) is 23.0. The summed E-state index contributed by atoms with van der Waals surface area (Å²) >= 11 is 1.45. The Morgan fingerprint density at radius 3 is 2.65 bits per heavy atom. The van der Waals surface area contributed by atoms with Gasteiger partial charge in [0.25, 0.3) is 0 Å². The van der Waals surface area contributed by atoms with Crippen LogP contribution in [0.2, 0.25) is 0 Å². The minimum atomic E-state index is -1.13. The van der Waals surface area contributed by atoms with Gasteiger partial charge in [0.2, 0.25) is 17.7 Å². The van der Waals surface area contributed by atoms with Crippen LogP contribution in [-0.2, 0) is 19.2 Å². The molecule has 3 amide bonds. The number of carbonyl (C=O) groups excluding carboxylic acids is 3. The summed E-state index contributed by atoms with van der Waals surface area (Å²) in [5, 5.41) is 15.9. The van der Waals surface area contributed by atoms with Crippen molar-refractivity contribution in [1.82, 2.24) is 20.4 Å². The maximum absolute atomic E-state index is 12.9. The van der Waals surface area contributed by atoms with Crippen LogP contribution in [0.25, 0.3) is 0 Å². The van der Waals surface area contributed by atoms with Gasteiger partial charge >= 0.3 is 5.97 Å². The minimum absolute atomic E-state index is 0.00360. The zero-order valence-electron chi connectivity index (χ0n) is 18.3. The number of hydrogen-bond donors (Lipinski definition) is 4. The van der Waals surface area contributed by atoms with Crippen molar-refractivity contribution in [1.29, 1.82) is 0 Å². The monoisotopic (exact) mass is 453 g/mol. The fourth-order valence-corrected chi connectivity index (χ4v) is 6.19. The number of carboxylic acids is 1. The summed E-state index contributed by atoms with van der Waals surface area (Å²) in [5.74, 6) is -2.28. The molecule has 0 saturated carbocycles. The molecule has 31 heavy (non-hydrogen) atoms. The number of β-lactam (4-membered cyclic amide) rings is 1. The van der Waals surface area contributed by atoms with Crippen LogP contribution in [0.1, 0.15) is 26.7 Å². The van der Waals surface area contributed by atoms with Crippen LogP contribution in [0.3, 0.4) is 0 Å². The number of nitrogens with one attached hydrogen (secondary N) is 2. The largest absolute Gasteiger partial charge is 0.477 e. The molecule has 0 aliphatic carbocycles. The maximum Gasteiger partial charge on any atom is 0.353 e. The summed E-state index contributed by atoms with van der Waals surface area (Å²) in [6.45, 7) is 4.51. The first-order chi connectivity index (χ1) is 14.6. The van der Waals surface area contributed by atoms with Crippen LogP contribution in [0.4, 0.5) is 0 Å². The number of rotatable bonds is 8. The second-order valence-electron chi connectivity index (χ2n) is 8.60. The van der Waals surface area contributed by atoms with Crippen molar-refractivity contribution >= 4 is 35.5 Å². The summed E-state index contributed by atoms with van der Waals surface area (Å²) in [6.07, 6.45) is 0.773. The van der Waals surface area contributed by atoms with Gasteiger partial charge in [-0.25, -0.2) is 4.79 Å². The predicted octanol–water partition coefficient (Wildman–Crippen LogP) is -0.835. The van der Waals surface area contributed by atoms with Gasteiger partial charge in [-0.1, -0.05) is 6.92 Å². The molecule has 3 rings (SSSR count). The summed E-state index contributed by atoms with van der Waals surface area (Å²) in [5.41, 5.74) is 5.45. The average molecular weight is 454 g/mol. The minimum Gasteiger partial charge on any atom is -0.477 e. The molecule has 3 aliphatic rings. The van der Waals surface area contributed by atoms with Gasteiger partial charge in [-0.15, -0.1) is 11.8 Å². The molecule has 10 nitrogen and oxygen atoms in total. The van der Waals surface area contributed by atoms with E-state index in [1.807, 2.05) is 6.92 Å². The molecule has 2 fully saturated rings. The standard InChI is InChI=1S/C20H31N5O5S/c1-9-15-14(10(2)23-13(26)5-6-21)19(28)25(15)16(20(29)30)17(9)31-11-7-12(22-8-11)18(27)24(3)4/h9-12,14-15,22H,5-8,21H2,1-4H3,(H,23,26)(H,29,30)/t9-,10-,11+,12+,14-,15-/m1/s1. The third kappa shape index (κ3) is 4.31. The Morgan fingerprint density at radius 1 is 1.39 bits per heavy atom. The van der Waals surface area contributed by atoms with Crippen LogP contribution in [0.5, 0.6) is 0 Å². The molecule has 0 aromatic heterocycles. The van der Waals surface area contributed by atoms with Gasteiger partial charge < -0.3 is 31.3 Å². The van der Waals surface area contributed by atoms with Crippen LogP contribution >= 0.6 is 11.8 Å². The normalized spacial score (nSPS) is 30.7. The van der Waals surface area contributed by atoms with Crippen LogP contribution in [0.15, 0.2) is 10.6 Å². The smallest absolute Gasteiger partial charge is 0.353 e. The molecule has 0 bridgehead atoms. The van der Waals surface area contributed by atoms with Gasteiger partial charge in [0.05, 0.1) is 18.0 Å². The maximum atomic E-state index is 12.9. The number of carbonyl (C=O) groups is 4. The molecule has 0 unspecified atom stereocenters. The lowest BCUT2D eigenvalue weighted by atomic mass is 9.78. The molecular formula is C20H31N5O5S. The van der Waals surface area contributed by atoms with E-state index in [9.17, 15) is 24.3 Å². The van der Waals surface area contributed by atoms with Crippen molar-refractivity contribution in [3.05, 3.63) is 10.6 Å². The Kier molecular flexibility index (Phi) is 6.97. The van der Waals surface area contributed by atoms with Crippen molar-refractivity contribution < 1.29 is 24.3 Å². The molecule has 11 heteroatoms. The number of nitrogens with two attached hydrogens (primary N) is 1. The first kappa shape index (κ1) is 23.6. The van der Waals surface area contributed by atoms with Crippen molar-refractivity contribution in [3.8, 4) is 0 Å². The zero-order valence-corrected chi connectivity index (χ0v) is 19.1. The summed E-state index contributed by atoms with van der Waals surface area (Å²) in [6, 6.07) is -1.00. The number of nitrogens with zero attached hydrogens (tertiary/aromatic N) is 2. The Hall–Kier alpha value is -2.11. The number of fused-ring (bicyclic) bond motifs is 1. The summed E-state index contributed by atoms with van der Waals surface area (Å²) in [7, 11) is 3.41. The van der Waals surface area contributed by atoms with E-state index in [-0.39, 0.29) is 59.6 Å². The average Bonchev–Trinajstić information content (AvgIpc) is 3.23. The van der Waals surface area contributed by atoms with E-state index in [1.54, 1.807) is 25.9 Å².